The molecule has 5 nitrogen and oxygen atoms in total. The van der Waals surface area contributed by atoms with Crippen molar-refractivity contribution in [3.05, 3.63) is 28.8 Å². The van der Waals surface area contributed by atoms with E-state index in [1.165, 1.54) is 11.0 Å². The van der Waals surface area contributed by atoms with E-state index in [0.29, 0.717) is 6.54 Å². The monoisotopic (exact) mass is 270 g/mol. The highest BCUT2D eigenvalue weighted by Crippen LogP contribution is 2.22. The number of benzene rings is 1. The molecule has 0 radical (unpaired) electrons. The van der Waals surface area contributed by atoms with Gasteiger partial charge in [-0.2, -0.15) is 0 Å². The third-order valence-corrected chi connectivity index (χ3v) is 2.83. The molecule has 0 saturated carbocycles. The number of carbonyl (C=O) groups is 2. The topological polar surface area (TPSA) is 72.6 Å². The van der Waals surface area contributed by atoms with Crippen LogP contribution in [-0.4, -0.2) is 37.0 Å². The third kappa shape index (κ3) is 3.37. The molecule has 0 fully saturated rings. The van der Waals surface area contributed by atoms with Crippen LogP contribution in [0, 0.1) is 0 Å². The molecule has 1 aromatic rings. The number of anilines is 1. The zero-order chi connectivity index (χ0) is 13.7. The molecule has 98 valence electrons. The average molecular weight is 271 g/mol. The first-order chi connectivity index (χ1) is 8.47. The molecule has 0 aliphatic carbocycles. The predicted molar refractivity (Wildman–Crippen MR) is 69.5 cm³/mol. The Labute approximate surface area is 110 Å². The Kier molecular flexibility index (Phi) is 4.97. The van der Waals surface area contributed by atoms with Crippen LogP contribution in [0.1, 0.15) is 17.3 Å². The number of hydrogen-bond acceptors (Lipinski definition) is 4. The normalized spacial score (nSPS) is 9.94. The lowest BCUT2D eigenvalue weighted by atomic mass is 10.2. The van der Waals surface area contributed by atoms with Crippen molar-refractivity contribution in [3.63, 3.8) is 0 Å². The fourth-order valence-corrected chi connectivity index (χ4v) is 1.38. The molecule has 0 aromatic heterocycles. The minimum atomic E-state index is -0.659. The fourth-order valence-electron chi connectivity index (χ4n) is 1.21. The van der Waals surface area contributed by atoms with Crippen molar-refractivity contribution < 1.29 is 14.3 Å². The summed E-state index contributed by atoms with van der Waals surface area (Å²) in [4.78, 5) is 24.6. The van der Waals surface area contributed by atoms with Crippen LogP contribution in [0.3, 0.4) is 0 Å². The molecule has 0 atom stereocenters. The number of hydrogen-bond donors (Lipinski definition) is 1. The van der Waals surface area contributed by atoms with E-state index in [0.717, 1.165) is 0 Å². The first-order valence-corrected chi connectivity index (χ1v) is 5.80. The number of nitrogen functional groups attached to an aromatic ring is 1. The lowest BCUT2D eigenvalue weighted by Crippen LogP contribution is -2.31. The average Bonchev–Trinajstić information content (AvgIpc) is 2.37. The first-order valence-electron chi connectivity index (χ1n) is 5.42. The minimum absolute atomic E-state index is 0.153. The van der Waals surface area contributed by atoms with E-state index < -0.39 is 5.97 Å². The summed E-state index contributed by atoms with van der Waals surface area (Å²) in [7, 11) is 1.63. The number of ether oxygens (including phenoxy) is 1. The van der Waals surface area contributed by atoms with Crippen LogP contribution >= 0.6 is 11.6 Å². The summed E-state index contributed by atoms with van der Waals surface area (Å²) >= 11 is 5.79. The van der Waals surface area contributed by atoms with Gasteiger partial charge in [0.2, 0.25) is 0 Å². The Morgan fingerprint density at radius 1 is 1.44 bits per heavy atom. The maximum Gasteiger partial charge on any atom is 0.340 e. The van der Waals surface area contributed by atoms with Crippen molar-refractivity contribution >= 4 is 29.2 Å². The molecule has 0 aliphatic heterocycles. The molecule has 1 amide bonds. The lowest BCUT2D eigenvalue weighted by molar-refractivity contribution is -0.133. The highest BCUT2D eigenvalue weighted by atomic mass is 35.5. The zero-order valence-corrected chi connectivity index (χ0v) is 11.0. The maximum absolute atomic E-state index is 11.7. The number of likely N-dealkylation sites (N-methyl/N-ethyl adjacent to an activating group) is 1. The van der Waals surface area contributed by atoms with Crippen LogP contribution in [0.5, 0.6) is 0 Å². The van der Waals surface area contributed by atoms with E-state index in [4.69, 9.17) is 22.1 Å². The maximum atomic E-state index is 11.7. The lowest BCUT2D eigenvalue weighted by Gasteiger charge is -2.14. The van der Waals surface area contributed by atoms with E-state index in [1.807, 2.05) is 6.92 Å². The quantitative estimate of drug-likeness (QED) is 0.666. The van der Waals surface area contributed by atoms with Gasteiger partial charge in [0.1, 0.15) is 0 Å². The molecule has 0 spiro atoms. The van der Waals surface area contributed by atoms with Crippen LogP contribution in [0.2, 0.25) is 5.02 Å². The molecule has 0 saturated heterocycles. The Balaban J connectivity index is 2.67. The second-order valence-corrected chi connectivity index (χ2v) is 4.09. The summed E-state index contributed by atoms with van der Waals surface area (Å²) in [5.41, 5.74) is 5.96. The molecular weight excluding hydrogens is 256 g/mol. The summed E-state index contributed by atoms with van der Waals surface area (Å²) in [5.74, 6) is -0.931. The van der Waals surface area contributed by atoms with E-state index in [-0.39, 0.29) is 28.8 Å². The molecule has 1 rings (SSSR count). The van der Waals surface area contributed by atoms with Crippen LogP contribution in [0.25, 0.3) is 0 Å². The van der Waals surface area contributed by atoms with Gasteiger partial charge in [-0.3, -0.25) is 4.79 Å². The van der Waals surface area contributed by atoms with Crippen molar-refractivity contribution in [2.24, 2.45) is 0 Å². The number of para-hydroxylation sites is 1. The molecule has 2 N–H and O–H groups in total. The van der Waals surface area contributed by atoms with Crippen LogP contribution in [0.15, 0.2) is 18.2 Å². The zero-order valence-electron chi connectivity index (χ0n) is 10.3. The highest BCUT2D eigenvalue weighted by molar-refractivity contribution is 6.33. The van der Waals surface area contributed by atoms with Gasteiger partial charge in [0.15, 0.2) is 6.61 Å². The summed E-state index contributed by atoms with van der Waals surface area (Å²) in [6, 6.07) is 4.66. The van der Waals surface area contributed by atoms with E-state index >= 15 is 0 Å². The Morgan fingerprint density at radius 2 is 2.11 bits per heavy atom. The number of amides is 1. The molecule has 0 aliphatic rings. The van der Waals surface area contributed by atoms with Gasteiger partial charge in [0, 0.05) is 13.6 Å². The molecule has 0 unspecified atom stereocenters. The number of halogens is 1. The van der Waals surface area contributed by atoms with Crippen molar-refractivity contribution in [1.29, 1.82) is 0 Å². The van der Waals surface area contributed by atoms with Gasteiger partial charge in [-0.15, -0.1) is 0 Å². The van der Waals surface area contributed by atoms with Crippen molar-refractivity contribution in [1.82, 2.24) is 4.90 Å². The van der Waals surface area contributed by atoms with Crippen LogP contribution in [0.4, 0.5) is 5.69 Å². The minimum Gasteiger partial charge on any atom is -0.452 e. The number of esters is 1. The highest BCUT2D eigenvalue weighted by Gasteiger charge is 2.15. The molecule has 0 bridgehead atoms. The van der Waals surface area contributed by atoms with Crippen molar-refractivity contribution in [2.45, 2.75) is 6.92 Å². The van der Waals surface area contributed by atoms with Crippen molar-refractivity contribution in [3.8, 4) is 0 Å². The molecule has 0 heterocycles. The Bertz CT molecular complexity index is 463. The predicted octanol–water partition coefficient (Wildman–Crippen LogP) is 1.56. The molecular formula is C12H15ClN2O3. The summed E-state index contributed by atoms with van der Waals surface area (Å²) in [6.07, 6.45) is 0. The van der Waals surface area contributed by atoms with Crippen LogP contribution < -0.4 is 5.73 Å². The third-order valence-electron chi connectivity index (χ3n) is 2.50. The number of rotatable bonds is 4. The summed E-state index contributed by atoms with van der Waals surface area (Å²) in [5, 5.41) is 0.279. The Morgan fingerprint density at radius 3 is 2.72 bits per heavy atom. The number of nitrogens with zero attached hydrogens (tertiary/aromatic N) is 1. The van der Waals surface area contributed by atoms with E-state index in [2.05, 4.69) is 0 Å². The van der Waals surface area contributed by atoms with Crippen LogP contribution in [-0.2, 0) is 9.53 Å². The standard InChI is InChI=1S/C12H15ClN2O3/c1-3-15(2)10(16)7-18-12(17)8-5-4-6-9(13)11(8)14/h4-6H,3,7,14H2,1-2H3. The second kappa shape index (κ2) is 6.26. The molecule has 6 heteroatoms. The summed E-state index contributed by atoms with van der Waals surface area (Å²) in [6.45, 7) is 2.07. The number of carbonyl (C=O) groups excluding carboxylic acids is 2. The molecule has 1 aromatic carbocycles. The summed E-state index contributed by atoms with van der Waals surface area (Å²) < 4.78 is 4.88. The first kappa shape index (κ1) is 14.3. The van der Waals surface area contributed by atoms with Gasteiger partial charge in [-0.05, 0) is 19.1 Å². The van der Waals surface area contributed by atoms with Crippen molar-refractivity contribution in [2.75, 3.05) is 25.9 Å². The molecule has 18 heavy (non-hydrogen) atoms. The van der Waals surface area contributed by atoms with Gasteiger partial charge >= 0.3 is 5.97 Å². The largest absolute Gasteiger partial charge is 0.452 e. The van der Waals surface area contributed by atoms with Gasteiger partial charge in [0.05, 0.1) is 16.3 Å². The Hall–Kier alpha value is -1.75. The van der Waals surface area contributed by atoms with Gasteiger partial charge in [-0.1, -0.05) is 17.7 Å². The second-order valence-electron chi connectivity index (χ2n) is 3.69. The fraction of sp³-hybridized carbons (Fsp3) is 0.333. The number of nitrogens with two attached hydrogens (primary N) is 1. The SMILES string of the molecule is CCN(C)C(=O)COC(=O)c1cccc(Cl)c1N. The van der Waals surface area contributed by atoms with Gasteiger partial charge in [-0.25, -0.2) is 4.79 Å². The van der Waals surface area contributed by atoms with Gasteiger partial charge in [0.25, 0.3) is 5.91 Å². The van der Waals surface area contributed by atoms with Gasteiger partial charge < -0.3 is 15.4 Å². The van der Waals surface area contributed by atoms with E-state index in [1.54, 1.807) is 19.2 Å². The smallest absolute Gasteiger partial charge is 0.340 e. The van der Waals surface area contributed by atoms with E-state index in [9.17, 15) is 9.59 Å².